The van der Waals surface area contributed by atoms with Crippen LogP contribution in [0.5, 0.6) is 5.75 Å². The number of anilines is 1. The van der Waals surface area contributed by atoms with E-state index in [1.54, 1.807) is 6.07 Å². The zero-order valence-electron chi connectivity index (χ0n) is 10.6. The van der Waals surface area contributed by atoms with Crippen LogP contribution in [-0.2, 0) is 10.0 Å². The second-order valence-corrected chi connectivity index (χ2v) is 6.60. The fraction of sp³-hybridized carbons (Fsp3) is 0.500. The number of sulfonamides is 1. The van der Waals surface area contributed by atoms with Crippen molar-refractivity contribution in [3.8, 4) is 5.75 Å². The van der Waals surface area contributed by atoms with E-state index in [-0.39, 0.29) is 4.90 Å². The van der Waals surface area contributed by atoms with Gasteiger partial charge >= 0.3 is 0 Å². The number of nitrogens with zero attached hydrogens (tertiary/aromatic N) is 1. The fourth-order valence-corrected chi connectivity index (χ4v) is 3.70. The predicted molar refractivity (Wildman–Crippen MR) is 69.9 cm³/mol. The first-order chi connectivity index (χ1) is 8.45. The van der Waals surface area contributed by atoms with Gasteiger partial charge in [-0.05, 0) is 24.5 Å². The lowest BCUT2D eigenvalue weighted by Gasteiger charge is -2.17. The number of nitrogens with two attached hydrogens (primary N) is 1. The number of hydrogen-bond donors (Lipinski definition) is 1. The second-order valence-electron chi connectivity index (χ2n) is 4.66. The molecule has 0 bridgehead atoms. The van der Waals surface area contributed by atoms with E-state index in [9.17, 15) is 8.42 Å². The van der Waals surface area contributed by atoms with Crippen molar-refractivity contribution in [1.82, 2.24) is 4.31 Å². The molecule has 1 aromatic carbocycles. The molecule has 1 unspecified atom stereocenters. The molecule has 0 aromatic heterocycles. The number of rotatable bonds is 3. The topological polar surface area (TPSA) is 72.6 Å². The summed E-state index contributed by atoms with van der Waals surface area (Å²) in [5, 5.41) is 0. The molecule has 1 aliphatic heterocycles. The van der Waals surface area contributed by atoms with E-state index in [2.05, 4.69) is 6.92 Å². The van der Waals surface area contributed by atoms with E-state index < -0.39 is 10.0 Å². The number of benzene rings is 1. The Bertz CT molecular complexity index is 542. The Balaban J connectivity index is 2.35. The minimum Gasteiger partial charge on any atom is -0.495 e. The number of nitrogen functional groups attached to an aromatic ring is 1. The fourth-order valence-electron chi connectivity index (χ4n) is 2.11. The molecule has 2 N–H and O–H groups in total. The monoisotopic (exact) mass is 270 g/mol. The average molecular weight is 270 g/mol. The summed E-state index contributed by atoms with van der Waals surface area (Å²) in [6, 6.07) is 4.56. The molecule has 100 valence electrons. The number of hydrogen-bond acceptors (Lipinski definition) is 4. The lowest BCUT2D eigenvalue weighted by Crippen LogP contribution is -2.28. The highest BCUT2D eigenvalue weighted by atomic mass is 32.2. The van der Waals surface area contributed by atoms with E-state index in [0.29, 0.717) is 30.4 Å². The Labute approximate surface area is 108 Å². The molecule has 1 heterocycles. The quantitative estimate of drug-likeness (QED) is 0.840. The molecule has 0 amide bonds. The zero-order valence-corrected chi connectivity index (χ0v) is 11.4. The van der Waals surface area contributed by atoms with Crippen LogP contribution in [0.3, 0.4) is 0 Å². The first-order valence-electron chi connectivity index (χ1n) is 5.89. The molecular weight excluding hydrogens is 252 g/mol. The van der Waals surface area contributed by atoms with Crippen molar-refractivity contribution in [3.63, 3.8) is 0 Å². The van der Waals surface area contributed by atoms with Crippen LogP contribution >= 0.6 is 0 Å². The first-order valence-corrected chi connectivity index (χ1v) is 7.33. The molecule has 1 aliphatic rings. The summed E-state index contributed by atoms with van der Waals surface area (Å²) >= 11 is 0. The minimum atomic E-state index is -3.42. The van der Waals surface area contributed by atoms with Crippen molar-refractivity contribution in [2.45, 2.75) is 18.2 Å². The van der Waals surface area contributed by atoms with E-state index >= 15 is 0 Å². The van der Waals surface area contributed by atoms with Gasteiger partial charge in [0.2, 0.25) is 10.0 Å². The largest absolute Gasteiger partial charge is 0.495 e. The van der Waals surface area contributed by atoms with E-state index in [0.717, 1.165) is 6.42 Å². The molecule has 6 heteroatoms. The van der Waals surface area contributed by atoms with Crippen LogP contribution < -0.4 is 10.5 Å². The lowest BCUT2D eigenvalue weighted by molar-refractivity contribution is 0.414. The summed E-state index contributed by atoms with van der Waals surface area (Å²) in [6.07, 6.45) is 0.908. The van der Waals surface area contributed by atoms with Gasteiger partial charge in [-0.2, -0.15) is 4.31 Å². The molecule has 0 radical (unpaired) electrons. The van der Waals surface area contributed by atoms with E-state index in [1.807, 2.05) is 0 Å². The van der Waals surface area contributed by atoms with Gasteiger partial charge in [0.15, 0.2) is 0 Å². The molecule has 0 spiro atoms. The molecular formula is C12H18N2O3S. The summed E-state index contributed by atoms with van der Waals surface area (Å²) in [6.45, 7) is 3.21. The van der Waals surface area contributed by atoms with E-state index in [1.165, 1.54) is 23.5 Å². The number of ether oxygens (including phenoxy) is 1. The summed E-state index contributed by atoms with van der Waals surface area (Å²) < 4.78 is 31.4. The highest BCUT2D eigenvalue weighted by molar-refractivity contribution is 7.89. The third kappa shape index (κ3) is 2.30. The number of methoxy groups -OCH3 is 1. The predicted octanol–water partition coefficient (Wildman–Crippen LogP) is 1.31. The molecule has 1 aromatic rings. The van der Waals surface area contributed by atoms with Crippen LogP contribution in [0.4, 0.5) is 5.69 Å². The van der Waals surface area contributed by atoms with Gasteiger partial charge in [0.25, 0.3) is 0 Å². The summed E-state index contributed by atoms with van der Waals surface area (Å²) in [5.74, 6) is 0.804. The van der Waals surface area contributed by atoms with Gasteiger partial charge in [-0.25, -0.2) is 8.42 Å². The van der Waals surface area contributed by atoms with Crippen molar-refractivity contribution in [2.75, 3.05) is 25.9 Å². The molecule has 0 aliphatic carbocycles. The van der Waals surface area contributed by atoms with Gasteiger partial charge in [0, 0.05) is 19.2 Å². The molecule has 5 nitrogen and oxygen atoms in total. The van der Waals surface area contributed by atoms with Crippen LogP contribution in [0.2, 0.25) is 0 Å². The third-order valence-corrected chi connectivity index (χ3v) is 5.09. The Morgan fingerprint density at radius 1 is 1.44 bits per heavy atom. The van der Waals surface area contributed by atoms with Crippen molar-refractivity contribution in [3.05, 3.63) is 18.2 Å². The van der Waals surface area contributed by atoms with Gasteiger partial charge in [-0.15, -0.1) is 0 Å². The van der Waals surface area contributed by atoms with Crippen molar-refractivity contribution in [1.29, 1.82) is 0 Å². The van der Waals surface area contributed by atoms with Gasteiger partial charge in [-0.3, -0.25) is 0 Å². The van der Waals surface area contributed by atoms with Gasteiger partial charge in [0.05, 0.1) is 17.7 Å². The maximum Gasteiger partial charge on any atom is 0.243 e. The second kappa shape index (κ2) is 4.78. The van der Waals surface area contributed by atoms with Crippen LogP contribution in [0, 0.1) is 5.92 Å². The summed E-state index contributed by atoms with van der Waals surface area (Å²) in [4.78, 5) is 0.239. The Morgan fingerprint density at radius 2 is 2.17 bits per heavy atom. The molecule has 1 atom stereocenters. The summed E-state index contributed by atoms with van der Waals surface area (Å²) in [5.41, 5.74) is 6.12. The van der Waals surface area contributed by atoms with Crippen molar-refractivity contribution >= 4 is 15.7 Å². The van der Waals surface area contributed by atoms with Crippen LogP contribution in [0.25, 0.3) is 0 Å². The van der Waals surface area contributed by atoms with Gasteiger partial charge in [-0.1, -0.05) is 6.92 Å². The van der Waals surface area contributed by atoms with Crippen LogP contribution in [-0.4, -0.2) is 32.9 Å². The first kappa shape index (κ1) is 13.2. The average Bonchev–Trinajstić information content (AvgIpc) is 2.77. The molecule has 1 saturated heterocycles. The Kier molecular flexibility index (Phi) is 3.49. The minimum absolute atomic E-state index is 0.239. The van der Waals surface area contributed by atoms with E-state index in [4.69, 9.17) is 10.5 Å². The van der Waals surface area contributed by atoms with Crippen LogP contribution in [0.15, 0.2) is 23.1 Å². The summed E-state index contributed by atoms with van der Waals surface area (Å²) in [7, 11) is -1.95. The lowest BCUT2D eigenvalue weighted by atomic mass is 10.2. The smallest absolute Gasteiger partial charge is 0.243 e. The Hall–Kier alpha value is -1.27. The highest BCUT2D eigenvalue weighted by Gasteiger charge is 2.30. The normalized spacial score (nSPS) is 21.1. The standard InChI is InChI=1S/C12H18N2O3S/c1-9-5-6-14(8-9)18(15,16)10-3-4-11(13)12(7-10)17-2/h3-4,7,9H,5-6,8,13H2,1-2H3. The molecule has 18 heavy (non-hydrogen) atoms. The highest BCUT2D eigenvalue weighted by Crippen LogP contribution is 2.29. The maximum absolute atomic E-state index is 12.4. The zero-order chi connectivity index (χ0) is 13.3. The molecule has 0 saturated carbocycles. The Morgan fingerprint density at radius 3 is 2.72 bits per heavy atom. The van der Waals surface area contributed by atoms with Crippen molar-refractivity contribution < 1.29 is 13.2 Å². The third-order valence-electron chi connectivity index (χ3n) is 3.23. The van der Waals surface area contributed by atoms with Gasteiger partial charge in [0.1, 0.15) is 5.75 Å². The van der Waals surface area contributed by atoms with Gasteiger partial charge < -0.3 is 10.5 Å². The SMILES string of the molecule is COc1cc(S(=O)(=O)N2CCC(C)C2)ccc1N. The molecule has 1 fully saturated rings. The van der Waals surface area contributed by atoms with Crippen molar-refractivity contribution in [2.24, 2.45) is 5.92 Å². The maximum atomic E-state index is 12.4. The van der Waals surface area contributed by atoms with Crippen LogP contribution in [0.1, 0.15) is 13.3 Å². The molecule has 2 rings (SSSR count).